The van der Waals surface area contributed by atoms with Gasteiger partial charge in [-0.2, -0.15) is 8.96 Å². The Kier molecular flexibility index (Phi) is 4.69. The summed E-state index contributed by atoms with van der Waals surface area (Å²) in [4.78, 5) is 26.5. The number of carbonyl (C=O) groups is 1. The highest BCUT2D eigenvalue weighted by molar-refractivity contribution is 7.90. The fourth-order valence-corrected chi connectivity index (χ4v) is 3.14. The van der Waals surface area contributed by atoms with Gasteiger partial charge in [0.25, 0.3) is 10.0 Å². The van der Waals surface area contributed by atoms with E-state index in [9.17, 15) is 22.4 Å². The Morgan fingerprint density at radius 1 is 1.25 bits per heavy atom. The van der Waals surface area contributed by atoms with Crippen LogP contribution in [-0.4, -0.2) is 30.2 Å². The molecule has 1 heterocycles. The minimum atomic E-state index is -4.30. The van der Waals surface area contributed by atoms with Crippen LogP contribution in [0.1, 0.15) is 5.56 Å². The molecule has 0 spiro atoms. The van der Waals surface area contributed by atoms with E-state index < -0.39 is 33.1 Å². The fraction of sp³-hybridized carbons (Fsp3) is 0.214. The second-order valence-electron chi connectivity index (χ2n) is 4.84. The molecule has 128 valence electrons. The summed E-state index contributed by atoms with van der Waals surface area (Å²) in [5, 5.41) is 0. The molecular formula is C14H14FN3O5S. The first-order chi connectivity index (χ1) is 11.2. The van der Waals surface area contributed by atoms with Crippen LogP contribution >= 0.6 is 0 Å². The number of aromatic nitrogens is 2. The Balaban J connectivity index is 2.74. The summed E-state index contributed by atoms with van der Waals surface area (Å²) < 4.78 is 44.3. The first-order valence-electron chi connectivity index (χ1n) is 6.61. The summed E-state index contributed by atoms with van der Waals surface area (Å²) in [7, 11) is -2.17. The summed E-state index contributed by atoms with van der Waals surface area (Å²) >= 11 is 0. The molecule has 2 aromatic rings. The lowest BCUT2D eigenvalue weighted by Crippen LogP contribution is -2.42. The molecule has 0 radical (unpaired) electrons. The van der Waals surface area contributed by atoms with Gasteiger partial charge in [0, 0.05) is 7.05 Å². The Bertz CT molecular complexity index is 1020. The van der Waals surface area contributed by atoms with Crippen LogP contribution in [0.4, 0.5) is 9.18 Å². The van der Waals surface area contributed by atoms with Crippen LogP contribution in [0.25, 0.3) is 0 Å². The van der Waals surface area contributed by atoms with Crippen LogP contribution in [0.3, 0.4) is 0 Å². The molecule has 0 bridgehead atoms. The van der Waals surface area contributed by atoms with Gasteiger partial charge in [-0.05, 0) is 19.1 Å². The number of nitrogens with zero attached hydrogens (tertiary/aromatic N) is 3. The molecule has 0 atom stereocenters. The van der Waals surface area contributed by atoms with E-state index in [-0.39, 0.29) is 8.87 Å². The average molecular weight is 355 g/mol. The normalized spacial score (nSPS) is 12.2. The molecule has 0 saturated carbocycles. The molecule has 0 unspecified atom stereocenters. The van der Waals surface area contributed by atoms with Crippen molar-refractivity contribution in [3.05, 3.63) is 57.8 Å². The highest BCUT2D eigenvalue weighted by Crippen LogP contribution is 2.12. The third-order valence-corrected chi connectivity index (χ3v) is 4.83. The molecule has 1 aromatic carbocycles. The summed E-state index contributed by atoms with van der Waals surface area (Å²) in [6.45, 7) is 1.77. The van der Waals surface area contributed by atoms with Gasteiger partial charge < -0.3 is 4.74 Å². The molecule has 0 N–H and O–H groups in total. The van der Waals surface area contributed by atoms with Crippen LogP contribution in [0.15, 0.2) is 45.1 Å². The van der Waals surface area contributed by atoms with Crippen molar-refractivity contribution in [2.75, 3.05) is 7.11 Å². The van der Waals surface area contributed by atoms with Gasteiger partial charge in [0.15, 0.2) is 11.3 Å². The number of hydrogen-bond acceptors (Lipinski definition) is 5. The zero-order valence-electron chi connectivity index (χ0n) is 13.1. The largest absolute Gasteiger partial charge is 0.451 e. The fourth-order valence-electron chi connectivity index (χ4n) is 1.87. The minimum absolute atomic E-state index is 0.174. The molecule has 10 heteroatoms. The molecule has 1 amide bonds. The van der Waals surface area contributed by atoms with Gasteiger partial charge in [0.2, 0.25) is 0 Å². The van der Waals surface area contributed by atoms with Gasteiger partial charge in [-0.25, -0.2) is 22.4 Å². The highest BCUT2D eigenvalue weighted by Gasteiger charge is 2.21. The lowest BCUT2D eigenvalue weighted by molar-refractivity contribution is 0.181. The van der Waals surface area contributed by atoms with E-state index in [1.54, 1.807) is 19.1 Å². The van der Waals surface area contributed by atoms with Crippen molar-refractivity contribution >= 4 is 16.1 Å². The van der Waals surface area contributed by atoms with Gasteiger partial charge in [-0.1, -0.05) is 17.7 Å². The number of amides is 1. The van der Waals surface area contributed by atoms with E-state index in [0.29, 0.717) is 10.8 Å². The maximum atomic E-state index is 14.2. The SMILES string of the molecule is COC(=O)N=c1c(F)cn(S(=O)(=O)c2ccc(C)cc2)c(=O)n1C. The van der Waals surface area contributed by atoms with E-state index in [4.69, 9.17) is 0 Å². The van der Waals surface area contributed by atoms with E-state index in [1.165, 1.54) is 12.1 Å². The summed E-state index contributed by atoms with van der Waals surface area (Å²) in [6, 6.07) is 5.72. The molecule has 0 saturated heterocycles. The Labute approximate surface area is 136 Å². The predicted molar refractivity (Wildman–Crippen MR) is 81.4 cm³/mol. The zero-order chi connectivity index (χ0) is 18.1. The third kappa shape index (κ3) is 3.13. The number of hydrogen-bond donors (Lipinski definition) is 0. The van der Waals surface area contributed by atoms with Gasteiger partial charge in [0.05, 0.1) is 18.2 Å². The molecule has 1 aromatic heterocycles. The molecule has 2 rings (SSSR count). The average Bonchev–Trinajstić information content (AvgIpc) is 2.54. The minimum Gasteiger partial charge on any atom is -0.451 e. The zero-order valence-corrected chi connectivity index (χ0v) is 13.9. The Hall–Kier alpha value is -2.75. The topological polar surface area (TPSA) is 99.7 Å². The lowest BCUT2D eigenvalue weighted by Gasteiger charge is -2.10. The summed E-state index contributed by atoms with van der Waals surface area (Å²) in [5.41, 5.74) is -0.896. The monoisotopic (exact) mass is 355 g/mol. The van der Waals surface area contributed by atoms with E-state index in [2.05, 4.69) is 9.73 Å². The van der Waals surface area contributed by atoms with Crippen molar-refractivity contribution in [2.24, 2.45) is 12.0 Å². The molecule has 0 aliphatic carbocycles. The molecular weight excluding hydrogens is 341 g/mol. The van der Waals surface area contributed by atoms with Crippen molar-refractivity contribution in [2.45, 2.75) is 11.8 Å². The van der Waals surface area contributed by atoms with Crippen molar-refractivity contribution in [3.63, 3.8) is 0 Å². The van der Waals surface area contributed by atoms with Gasteiger partial charge >= 0.3 is 11.8 Å². The van der Waals surface area contributed by atoms with Gasteiger partial charge in [-0.3, -0.25) is 4.57 Å². The van der Waals surface area contributed by atoms with Crippen LogP contribution < -0.4 is 11.2 Å². The van der Waals surface area contributed by atoms with Gasteiger partial charge in [-0.15, -0.1) is 0 Å². The third-order valence-electron chi connectivity index (χ3n) is 3.19. The number of aryl methyl sites for hydroxylation is 1. The maximum absolute atomic E-state index is 14.2. The number of rotatable bonds is 2. The van der Waals surface area contributed by atoms with E-state index in [0.717, 1.165) is 19.7 Å². The lowest BCUT2D eigenvalue weighted by atomic mass is 10.2. The molecule has 0 aliphatic heterocycles. The number of ether oxygens (including phenoxy) is 1. The van der Waals surface area contributed by atoms with Crippen molar-refractivity contribution in [3.8, 4) is 0 Å². The van der Waals surface area contributed by atoms with Crippen LogP contribution in [0.2, 0.25) is 0 Å². The quantitative estimate of drug-likeness (QED) is 0.783. The van der Waals surface area contributed by atoms with Crippen molar-refractivity contribution in [1.82, 2.24) is 8.54 Å². The van der Waals surface area contributed by atoms with E-state index >= 15 is 0 Å². The van der Waals surface area contributed by atoms with Gasteiger partial charge in [0.1, 0.15) is 0 Å². The molecule has 24 heavy (non-hydrogen) atoms. The molecule has 8 nitrogen and oxygen atoms in total. The predicted octanol–water partition coefficient (Wildman–Crippen LogP) is 0.538. The second-order valence-corrected chi connectivity index (χ2v) is 6.65. The van der Waals surface area contributed by atoms with Crippen LogP contribution in [0, 0.1) is 12.7 Å². The highest BCUT2D eigenvalue weighted by atomic mass is 32.2. The van der Waals surface area contributed by atoms with Crippen LogP contribution in [0.5, 0.6) is 0 Å². The maximum Gasteiger partial charge on any atom is 0.435 e. The number of carbonyl (C=O) groups excluding carboxylic acids is 1. The first kappa shape index (κ1) is 17.6. The second kappa shape index (κ2) is 6.40. The standard InChI is InChI=1S/C14H14FN3O5S/c1-9-4-6-10(7-5-9)24(21,22)18-8-11(15)12(16-13(19)23-3)17(2)14(18)20/h4-8H,1-3H3. The number of methoxy groups -OCH3 is 1. The summed E-state index contributed by atoms with van der Waals surface area (Å²) in [5.74, 6) is -1.17. The van der Waals surface area contributed by atoms with Crippen LogP contribution in [-0.2, 0) is 21.8 Å². The Morgan fingerprint density at radius 2 is 1.83 bits per heavy atom. The molecule has 0 fully saturated rings. The van der Waals surface area contributed by atoms with Crippen molar-refractivity contribution < 1.29 is 22.3 Å². The Morgan fingerprint density at radius 3 is 2.38 bits per heavy atom. The first-order valence-corrected chi connectivity index (χ1v) is 8.05. The smallest absolute Gasteiger partial charge is 0.435 e. The molecule has 0 aliphatic rings. The van der Waals surface area contributed by atoms with E-state index in [1.807, 2.05) is 0 Å². The number of halogens is 1. The number of benzene rings is 1. The summed E-state index contributed by atoms with van der Waals surface area (Å²) in [6.07, 6.45) is -0.651. The van der Waals surface area contributed by atoms with Crippen molar-refractivity contribution in [1.29, 1.82) is 0 Å².